The van der Waals surface area contributed by atoms with E-state index in [0.29, 0.717) is 6.54 Å². The van der Waals surface area contributed by atoms with Gasteiger partial charge in [-0.25, -0.2) is 0 Å². The SMILES string of the molecule is CC1=NN(Cc2ccccc2)C(C=O)C1. The molecule has 0 bridgehead atoms. The van der Waals surface area contributed by atoms with E-state index in [1.54, 1.807) is 0 Å². The summed E-state index contributed by atoms with van der Waals surface area (Å²) in [7, 11) is 0. The van der Waals surface area contributed by atoms with E-state index < -0.39 is 0 Å². The summed E-state index contributed by atoms with van der Waals surface area (Å²) < 4.78 is 0. The van der Waals surface area contributed by atoms with Crippen molar-refractivity contribution in [1.82, 2.24) is 5.01 Å². The summed E-state index contributed by atoms with van der Waals surface area (Å²) in [6.45, 7) is 2.67. The Morgan fingerprint density at radius 1 is 1.47 bits per heavy atom. The molecule has 78 valence electrons. The number of hydrogen-bond acceptors (Lipinski definition) is 3. The third-order valence-electron chi connectivity index (χ3n) is 2.53. The molecule has 0 N–H and O–H groups in total. The lowest BCUT2D eigenvalue weighted by molar-refractivity contribution is -0.112. The summed E-state index contributed by atoms with van der Waals surface area (Å²) in [6.07, 6.45) is 1.74. The summed E-state index contributed by atoms with van der Waals surface area (Å²) in [4.78, 5) is 10.8. The fraction of sp³-hybridized carbons (Fsp3) is 0.333. The summed E-state index contributed by atoms with van der Waals surface area (Å²) in [5.41, 5.74) is 2.21. The maximum absolute atomic E-state index is 10.8. The highest BCUT2D eigenvalue weighted by atomic mass is 16.1. The number of benzene rings is 1. The zero-order valence-corrected chi connectivity index (χ0v) is 8.76. The second-order valence-electron chi connectivity index (χ2n) is 3.83. The number of hydrazone groups is 1. The third kappa shape index (κ3) is 2.24. The molecule has 0 fully saturated rings. The molecule has 1 heterocycles. The standard InChI is InChI=1S/C12H14N2O/c1-10-7-12(9-15)14(13-10)8-11-5-3-2-4-6-11/h2-6,9,12H,7-8H2,1H3. The lowest BCUT2D eigenvalue weighted by Gasteiger charge is -2.18. The number of hydrogen-bond donors (Lipinski definition) is 0. The Labute approximate surface area is 89.4 Å². The van der Waals surface area contributed by atoms with Gasteiger partial charge in [-0.1, -0.05) is 30.3 Å². The van der Waals surface area contributed by atoms with Crippen molar-refractivity contribution in [3.8, 4) is 0 Å². The van der Waals surface area contributed by atoms with Crippen molar-refractivity contribution in [1.29, 1.82) is 0 Å². The lowest BCUT2D eigenvalue weighted by Crippen LogP contribution is -2.27. The summed E-state index contributed by atoms with van der Waals surface area (Å²) in [5.74, 6) is 0. The monoisotopic (exact) mass is 202 g/mol. The fourth-order valence-corrected chi connectivity index (χ4v) is 1.78. The predicted octanol–water partition coefficient (Wildman–Crippen LogP) is 1.84. The third-order valence-corrected chi connectivity index (χ3v) is 2.53. The molecule has 0 radical (unpaired) electrons. The van der Waals surface area contributed by atoms with Crippen LogP contribution in [-0.4, -0.2) is 23.0 Å². The topological polar surface area (TPSA) is 32.7 Å². The van der Waals surface area contributed by atoms with E-state index >= 15 is 0 Å². The van der Waals surface area contributed by atoms with Crippen LogP contribution in [0.15, 0.2) is 35.4 Å². The number of nitrogens with zero attached hydrogens (tertiary/aromatic N) is 2. The molecular weight excluding hydrogens is 188 g/mol. The minimum absolute atomic E-state index is 0.0785. The zero-order chi connectivity index (χ0) is 10.7. The first-order valence-corrected chi connectivity index (χ1v) is 5.09. The summed E-state index contributed by atoms with van der Waals surface area (Å²) >= 11 is 0. The Morgan fingerprint density at radius 2 is 2.20 bits per heavy atom. The van der Waals surface area contributed by atoms with Crippen molar-refractivity contribution in [2.75, 3.05) is 0 Å². The lowest BCUT2D eigenvalue weighted by atomic mass is 10.1. The predicted molar refractivity (Wildman–Crippen MR) is 59.6 cm³/mol. The molecule has 0 saturated heterocycles. The van der Waals surface area contributed by atoms with Gasteiger partial charge in [-0.15, -0.1) is 0 Å². The van der Waals surface area contributed by atoms with Gasteiger partial charge in [-0.2, -0.15) is 5.10 Å². The van der Waals surface area contributed by atoms with Crippen LogP contribution in [0, 0.1) is 0 Å². The first-order chi connectivity index (χ1) is 7.29. The van der Waals surface area contributed by atoms with E-state index in [0.717, 1.165) is 18.4 Å². The van der Waals surface area contributed by atoms with E-state index in [1.165, 1.54) is 5.56 Å². The van der Waals surface area contributed by atoms with Gasteiger partial charge in [0.25, 0.3) is 0 Å². The number of aldehydes is 1. The second-order valence-corrected chi connectivity index (χ2v) is 3.83. The average Bonchev–Trinajstić information content (AvgIpc) is 2.60. The summed E-state index contributed by atoms with van der Waals surface area (Å²) in [5, 5.41) is 6.21. The van der Waals surface area contributed by atoms with Gasteiger partial charge < -0.3 is 4.79 Å². The average molecular weight is 202 g/mol. The van der Waals surface area contributed by atoms with E-state index in [1.807, 2.05) is 42.3 Å². The van der Waals surface area contributed by atoms with E-state index in [2.05, 4.69) is 5.10 Å². The Hall–Kier alpha value is -1.64. The van der Waals surface area contributed by atoms with Crippen molar-refractivity contribution >= 4 is 12.0 Å². The Balaban J connectivity index is 2.08. The molecule has 1 aromatic rings. The van der Waals surface area contributed by atoms with Gasteiger partial charge in [-0.3, -0.25) is 5.01 Å². The quantitative estimate of drug-likeness (QED) is 0.700. The molecule has 3 heteroatoms. The molecule has 1 aromatic carbocycles. The second kappa shape index (κ2) is 4.26. The van der Waals surface area contributed by atoms with E-state index in [9.17, 15) is 4.79 Å². The zero-order valence-electron chi connectivity index (χ0n) is 8.76. The van der Waals surface area contributed by atoms with E-state index in [-0.39, 0.29) is 6.04 Å². The molecular formula is C12H14N2O. The molecule has 0 spiro atoms. The Kier molecular flexibility index (Phi) is 2.81. The molecule has 3 nitrogen and oxygen atoms in total. The van der Waals surface area contributed by atoms with Gasteiger partial charge >= 0.3 is 0 Å². The maximum atomic E-state index is 10.8. The Morgan fingerprint density at radius 3 is 2.87 bits per heavy atom. The fourth-order valence-electron chi connectivity index (χ4n) is 1.78. The molecule has 15 heavy (non-hydrogen) atoms. The summed E-state index contributed by atoms with van der Waals surface area (Å²) in [6, 6.07) is 10.00. The first-order valence-electron chi connectivity index (χ1n) is 5.09. The highest BCUT2D eigenvalue weighted by molar-refractivity contribution is 5.87. The molecule has 0 saturated carbocycles. The van der Waals surface area contributed by atoms with Crippen LogP contribution in [0.25, 0.3) is 0 Å². The molecule has 0 amide bonds. The van der Waals surface area contributed by atoms with Crippen molar-refractivity contribution in [2.45, 2.75) is 25.9 Å². The molecule has 1 aliphatic heterocycles. The highest BCUT2D eigenvalue weighted by Crippen LogP contribution is 2.16. The normalized spacial score (nSPS) is 20.2. The number of rotatable bonds is 3. The number of carbonyl (C=O) groups is 1. The van der Waals surface area contributed by atoms with Gasteiger partial charge in [-0.05, 0) is 12.5 Å². The minimum Gasteiger partial charge on any atom is -0.301 e. The first kappa shape index (κ1) is 9.90. The van der Waals surface area contributed by atoms with Crippen molar-refractivity contribution in [3.05, 3.63) is 35.9 Å². The van der Waals surface area contributed by atoms with Crippen LogP contribution in [0.2, 0.25) is 0 Å². The van der Waals surface area contributed by atoms with Crippen LogP contribution in [0.4, 0.5) is 0 Å². The number of carbonyl (C=O) groups excluding carboxylic acids is 1. The molecule has 1 atom stereocenters. The van der Waals surface area contributed by atoms with Crippen molar-refractivity contribution < 1.29 is 4.79 Å². The van der Waals surface area contributed by atoms with Gasteiger partial charge in [0.05, 0.1) is 6.54 Å². The van der Waals surface area contributed by atoms with Crippen LogP contribution in [0.5, 0.6) is 0 Å². The van der Waals surface area contributed by atoms with Crippen LogP contribution >= 0.6 is 0 Å². The smallest absolute Gasteiger partial charge is 0.144 e. The largest absolute Gasteiger partial charge is 0.301 e. The van der Waals surface area contributed by atoms with Gasteiger partial charge in [0.2, 0.25) is 0 Å². The molecule has 1 aliphatic rings. The van der Waals surface area contributed by atoms with Gasteiger partial charge in [0.15, 0.2) is 0 Å². The van der Waals surface area contributed by atoms with Crippen molar-refractivity contribution in [2.24, 2.45) is 5.10 Å². The molecule has 2 rings (SSSR count). The van der Waals surface area contributed by atoms with Gasteiger partial charge in [0, 0.05) is 12.1 Å². The molecule has 1 unspecified atom stereocenters. The molecule has 0 aromatic heterocycles. The highest BCUT2D eigenvalue weighted by Gasteiger charge is 2.23. The van der Waals surface area contributed by atoms with Crippen LogP contribution < -0.4 is 0 Å². The van der Waals surface area contributed by atoms with Crippen LogP contribution in [0.3, 0.4) is 0 Å². The molecule has 0 aliphatic carbocycles. The van der Waals surface area contributed by atoms with Crippen molar-refractivity contribution in [3.63, 3.8) is 0 Å². The Bertz CT molecular complexity index is 372. The van der Waals surface area contributed by atoms with Gasteiger partial charge in [0.1, 0.15) is 12.3 Å². The minimum atomic E-state index is -0.0785. The maximum Gasteiger partial charge on any atom is 0.144 e. The van der Waals surface area contributed by atoms with Crippen LogP contribution in [-0.2, 0) is 11.3 Å². The van der Waals surface area contributed by atoms with Crippen LogP contribution in [0.1, 0.15) is 18.9 Å². The van der Waals surface area contributed by atoms with E-state index in [4.69, 9.17) is 0 Å².